The van der Waals surface area contributed by atoms with Gasteiger partial charge in [-0.1, -0.05) is 15.9 Å². The summed E-state index contributed by atoms with van der Waals surface area (Å²) in [6.07, 6.45) is 0. The first-order chi connectivity index (χ1) is 6.42. The van der Waals surface area contributed by atoms with Crippen molar-refractivity contribution in [1.29, 1.82) is 0 Å². The van der Waals surface area contributed by atoms with Gasteiger partial charge in [0.15, 0.2) is 0 Å². The summed E-state index contributed by atoms with van der Waals surface area (Å²) in [6.45, 7) is 0.355. The zero-order valence-corrected chi connectivity index (χ0v) is 25.1. The van der Waals surface area contributed by atoms with Gasteiger partial charge in [0.1, 0.15) is 0 Å². The number of rotatable bonds is 1. The molecule has 0 fully saturated rings. The average molecular weight is 490 g/mol. The molecule has 0 N–H and O–H groups in total. The molecule has 0 aliphatic rings. The highest BCUT2D eigenvalue weighted by atomic mass is 32.8. The first kappa shape index (κ1) is 33.1. The maximum atomic E-state index is 2.75. The third kappa shape index (κ3) is 97.5. The molecule has 0 radical (unpaired) electrons. The Morgan fingerprint density at radius 1 is 0.733 bits per heavy atom. The van der Waals surface area contributed by atoms with Crippen molar-refractivity contribution in [3.63, 3.8) is 0 Å². The van der Waals surface area contributed by atoms with Crippen molar-refractivity contribution in [1.82, 2.24) is 0 Å². The van der Waals surface area contributed by atoms with Crippen LogP contribution in [0.2, 0.25) is 0 Å². The third-order valence-corrected chi connectivity index (χ3v) is 12.1. The third-order valence-electron chi connectivity index (χ3n) is 0.149. The van der Waals surface area contributed by atoms with E-state index in [0.29, 0.717) is 0 Å². The summed E-state index contributed by atoms with van der Waals surface area (Å²) in [5.74, 6) is 0. The molecule has 0 aromatic heterocycles. The molecule has 0 aromatic carbocycles. The molecular weight excluding hydrogens is 465 g/mol. The number of hydrogen-bond donors (Lipinski definition) is 0. The Kier molecular flexibility index (Phi) is 81.9. The van der Waals surface area contributed by atoms with Crippen molar-refractivity contribution in [2.75, 3.05) is 0 Å². The van der Waals surface area contributed by atoms with Crippen LogP contribution in [0.1, 0.15) is 0 Å². The maximum Gasteiger partial charge on any atom is -0.0429 e. The first-order valence-corrected chi connectivity index (χ1v) is 24.4. The summed E-state index contributed by atoms with van der Waals surface area (Å²) >= 11 is 0. The Hall–Kier alpha value is 6.45. The summed E-state index contributed by atoms with van der Waals surface area (Å²) in [5.41, 5.74) is 0. The van der Waals surface area contributed by atoms with Gasteiger partial charge in [-0.2, -0.15) is 9.90 Å². The normalized spacial score (nSPS) is 8.00. The first-order valence-electron chi connectivity index (χ1n) is 2.71. The second-order valence-corrected chi connectivity index (χ2v) is 31.1. The van der Waals surface area contributed by atoms with Crippen LogP contribution < -0.4 is 0 Å². The van der Waals surface area contributed by atoms with Crippen molar-refractivity contribution in [2.45, 2.75) is 0 Å². The Balaban J connectivity index is -0.0000000305. The quantitative estimate of drug-likeness (QED) is 0.383. The summed E-state index contributed by atoms with van der Waals surface area (Å²) < 4.78 is 0. The largest absolute Gasteiger partial charge is 0.153 e. The highest BCUT2D eigenvalue weighted by molar-refractivity contribution is 8.77. The molecule has 12 unspecified atom stereocenters. The molecule has 12 atom stereocenters. The van der Waals surface area contributed by atoms with Crippen LogP contribution in [0.5, 0.6) is 0 Å². The lowest BCUT2D eigenvalue weighted by atomic mass is 29.1. The predicted octanol–water partition coefficient (Wildman–Crippen LogP) is 6.23. The lowest BCUT2D eigenvalue weighted by molar-refractivity contribution is 5.07. The molecule has 0 heterocycles. The second-order valence-electron chi connectivity index (χ2n) is 1.15. The van der Waals surface area contributed by atoms with Gasteiger partial charge in [-0.25, -0.2) is 0 Å². The molecule has 0 rings (SSSR count). The van der Waals surface area contributed by atoms with E-state index >= 15 is 0 Å². The Morgan fingerprint density at radius 3 is 0.800 bits per heavy atom. The van der Waals surface area contributed by atoms with Crippen LogP contribution in [-0.4, -0.2) is 0 Å². The highest BCUT2D eigenvalue weighted by Crippen LogP contribution is 2.71. The molecule has 0 bridgehead atoms. The van der Waals surface area contributed by atoms with E-state index in [9.17, 15) is 0 Å². The standard InChI is InChI=1S/H7P5.H6P4.H5P3.H4P2.H3P/c1-4-5(2)3;1-4(2)3;1-3-2;1-2;/h4H,1-3H2;1-3H2;3H,1-2H2;1-2H2;1H3. The second kappa shape index (κ2) is 37.1. The van der Waals surface area contributed by atoms with Gasteiger partial charge >= 0.3 is 0 Å². The molecular formula is H25P15. The van der Waals surface area contributed by atoms with E-state index in [0.717, 1.165) is 15.9 Å². The molecule has 0 aromatic rings. The van der Waals surface area contributed by atoms with Crippen molar-refractivity contribution in [2.24, 2.45) is 0 Å². The van der Waals surface area contributed by atoms with E-state index < -0.39 is 0 Å². The van der Waals surface area contributed by atoms with E-state index in [1.165, 1.54) is 0 Å². The van der Waals surface area contributed by atoms with Crippen molar-refractivity contribution < 1.29 is 0 Å². The predicted molar refractivity (Wildman–Crippen MR) is 139 cm³/mol. The molecule has 0 nitrogen and oxygen atoms in total. The fourth-order valence-electron chi connectivity index (χ4n) is 0. The van der Waals surface area contributed by atoms with Gasteiger partial charge in [-0.05, 0) is 14.0 Å². The lowest BCUT2D eigenvalue weighted by Crippen LogP contribution is -0.986. The van der Waals surface area contributed by atoms with E-state index in [2.05, 4.69) is 89.3 Å². The van der Waals surface area contributed by atoms with Gasteiger partial charge in [-0.15, -0.1) is 89.3 Å². The topological polar surface area (TPSA) is 0 Å². The summed E-state index contributed by atoms with van der Waals surface area (Å²) in [5, 5.41) is 0. The average Bonchev–Trinajstić information content (AvgIpc) is 2.08. The fourth-order valence-corrected chi connectivity index (χ4v) is 0. The zero-order valence-electron chi connectivity index (χ0n) is 8.38. The van der Waals surface area contributed by atoms with Gasteiger partial charge < -0.3 is 0 Å². The van der Waals surface area contributed by atoms with Crippen LogP contribution >= 0.6 is 129 Å². The van der Waals surface area contributed by atoms with Crippen LogP contribution in [0.3, 0.4) is 0 Å². The minimum Gasteiger partial charge on any atom is -0.153 e. The minimum absolute atomic E-state index is 0. The minimum atomic E-state index is 0. The highest BCUT2D eigenvalue weighted by Gasteiger charge is 1.78. The smallest absolute Gasteiger partial charge is 0.0429 e. The molecule has 0 saturated carbocycles. The molecule has 0 spiro atoms. The van der Waals surface area contributed by atoms with Gasteiger partial charge in [0.25, 0.3) is 0 Å². The fraction of sp³-hybridized carbons (Fsp3) is 0. The van der Waals surface area contributed by atoms with E-state index in [-0.39, 0.29) is 23.9 Å². The maximum absolute atomic E-state index is 2.75. The molecule has 15 heavy (non-hydrogen) atoms. The van der Waals surface area contributed by atoms with E-state index in [4.69, 9.17) is 0 Å². The van der Waals surface area contributed by atoms with Crippen LogP contribution in [0.25, 0.3) is 0 Å². The Morgan fingerprint density at radius 2 is 0.800 bits per heavy atom. The Labute approximate surface area is 128 Å². The molecule has 100 valence electrons. The van der Waals surface area contributed by atoms with Crippen LogP contribution in [0.4, 0.5) is 0 Å². The SMILES string of the molecule is P.PP.PP(P)P.PPP.PPP(P)P. The summed E-state index contributed by atoms with van der Waals surface area (Å²) in [7, 11) is 27.9. The van der Waals surface area contributed by atoms with E-state index in [1.807, 2.05) is 0 Å². The van der Waals surface area contributed by atoms with Crippen LogP contribution in [-0.2, 0) is 0 Å². The lowest BCUT2D eigenvalue weighted by Gasteiger charge is -1.92. The van der Waals surface area contributed by atoms with Gasteiger partial charge in [-0.3, -0.25) is 0 Å². The number of hydrogen-bond acceptors (Lipinski definition) is 0. The van der Waals surface area contributed by atoms with E-state index in [1.54, 1.807) is 0 Å². The van der Waals surface area contributed by atoms with Gasteiger partial charge in [0.05, 0.1) is 0 Å². The monoisotopic (exact) mass is 490 g/mol. The van der Waals surface area contributed by atoms with Crippen LogP contribution in [0.15, 0.2) is 0 Å². The summed E-state index contributed by atoms with van der Waals surface area (Å²) in [4.78, 5) is 0. The molecule has 0 amide bonds. The van der Waals surface area contributed by atoms with Crippen molar-refractivity contribution in [3.8, 4) is 0 Å². The summed E-state index contributed by atoms with van der Waals surface area (Å²) in [6, 6.07) is 0. The zero-order chi connectivity index (χ0) is 12.6. The van der Waals surface area contributed by atoms with Crippen molar-refractivity contribution >= 4 is 129 Å². The molecule has 0 aliphatic heterocycles. The molecule has 0 aliphatic carbocycles. The Bertz CT molecular complexity index is 41.2. The van der Waals surface area contributed by atoms with Crippen LogP contribution in [0, 0.1) is 0 Å². The molecule has 0 saturated heterocycles. The van der Waals surface area contributed by atoms with Gasteiger partial charge in [0.2, 0.25) is 0 Å². The molecule has 15 heteroatoms. The van der Waals surface area contributed by atoms with Gasteiger partial charge in [0, 0.05) is 0 Å². The van der Waals surface area contributed by atoms with Crippen molar-refractivity contribution in [3.05, 3.63) is 0 Å².